The number of carbonyl (C=O) groups is 2. The van der Waals surface area contributed by atoms with Crippen LogP contribution in [0.5, 0.6) is 5.06 Å². The molecular formula is C23H16O4S2. The van der Waals surface area contributed by atoms with Gasteiger partial charge >= 0.3 is 11.9 Å². The molecule has 0 amide bonds. The molecule has 4 nitrogen and oxygen atoms in total. The van der Waals surface area contributed by atoms with Crippen LogP contribution in [0.1, 0.15) is 22.9 Å². The fourth-order valence-corrected chi connectivity index (χ4v) is 6.00. The number of hydrogen-bond donors (Lipinski definition) is 0. The Balaban J connectivity index is 1.89. The van der Waals surface area contributed by atoms with Crippen molar-refractivity contribution in [2.75, 3.05) is 6.61 Å². The summed E-state index contributed by atoms with van der Waals surface area (Å²) < 4.78 is 13.1. The van der Waals surface area contributed by atoms with Crippen molar-refractivity contribution in [1.29, 1.82) is 0 Å². The smallest absolute Gasteiger partial charge is 0.347 e. The molecule has 0 bridgehead atoms. The first-order valence-corrected chi connectivity index (χ1v) is 10.9. The third kappa shape index (κ3) is 2.71. The standard InChI is InChI=1S/C23H16O4S2/c1-3-26-23-18(14-9-5-7-11-16(14)29-23)20-19(21(24)27-22(20)25)17-12(2)28-15-10-6-4-8-13(15)17/h4-11H,3H2,1-2H3. The lowest BCUT2D eigenvalue weighted by molar-refractivity contribution is -0.149. The second kappa shape index (κ2) is 6.83. The maximum atomic E-state index is 12.9. The summed E-state index contributed by atoms with van der Waals surface area (Å²) in [5.41, 5.74) is 2.04. The second-order valence-corrected chi connectivity index (χ2v) is 8.92. The number of thiophene rings is 2. The van der Waals surface area contributed by atoms with Crippen molar-refractivity contribution in [2.45, 2.75) is 13.8 Å². The summed E-state index contributed by atoms with van der Waals surface area (Å²) in [6.45, 7) is 4.33. The molecule has 0 spiro atoms. The van der Waals surface area contributed by atoms with E-state index in [1.807, 2.05) is 62.4 Å². The predicted molar refractivity (Wildman–Crippen MR) is 117 cm³/mol. The molecule has 0 atom stereocenters. The summed E-state index contributed by atoms with van der Waals surface area (Å²) >= 11 is 3.08. The molecule has 0 saturated heterocycles. The van der Waals surface area contributed by atoms with Crippen molar-refractivity contribution >= 4 is 65.9 Å². The van der Waals surface area contributed by atoms with Crippen LogP contribution in [0.2, 0.25) is 0 Å². The molecule has 2 aromatic heterocycles. The van der Waals surface area contributed by atoms with Crippen LogP contribution in [0.4, 0.5) is 0 Å². The van der Waals surface area contributed by atoms with Crippen molar-refractivity contribution in [1.82, 2.24) is 0 Å². The zero-order chi connectivity index (χ0) is 20.1. The normalized spacial score (nSPS) is 14.3. The van der Waals surface area contributed by atoms with Crippen molar-refractivity contribution < 1.29 is 19.1 Å². The van der Waals surface area contributed by atoms with Gasteiger partial charge in [-0.25, -0.2) is 9.59 Å². The Labute approximate surface area is 175 Å². The summed E-state index contributed by atoms with van der Waals surface area (Å²) in [7, 11) is 0. The van der Waals surface area contributed by atoms with E-state index in [1.165, 1.54) is 11.3 Å². The number of aryl methyl sites for hydroxylation is 1. The van der Waals surface area contributed by atoms with Gasteiger partial charge in [0.25, 0.3) is 0 Å². The predicted octanol–water partition coefficient (Wildman–Crippen LogP) is 5.82. The monoisotopic (exact) mass is 420 g/mol. The third-order valence-corrected chi connectivity index (χ3v) is 7.12. The second-order valence-electron chi connectivity index (χ2n) is 6.65. The maximum Gasteiger partial charge on any atom is 0.347 e. The van der Waals surface area contributed by atoms with Crippen molar-refractivity contribution in [3.8, 4) is 5.06 Å². The summed E-state index contributed by atoms with van der Waals surface area (Å²) in [5, 5.41) is 2.47. The van der Waals surface area contributed by atoms with Crippen molar-refractivity contribution in [2.24, 2.45) is 0 Å². The molecule has 0 aliphatic carbocycles. The van der Waals surface area contributed by atoms with Crippen LogP contribution in [0.15, 0.2) is 48.5 Å². The number of fused-ring (bicyclic) bond motifs is 2. The first-order chi connectivity index (χ1) is 14.1. The number of carbonyl (C=O) groups excluding carboxylic acids is 2. The number of cyclic esters (lactones) is 2. The number of benzene rings is 2. The molecule has 0 unspecified atom stereocenters. The molecular weight excluding hydrogens is 404 g/mol. The molecule has 0 saturated carbocycles. The molecule has 1 aliphatic rings. The van der Waals surface area contributed by atoms with Crippen LogP contribution in [-0.4, -0.2) is 18.5 Å². The molecule has 1 aliphatic heterocycles. The molecule has 4 aromatic rings. The lowest BCUT2D eigenvalue weighted by Gasteiger charge is -2.07. The minimum atomic E-state index is -0.621. The molecule has 29 heavy (non-hydrogen) atoms. The number of esters is 2. The van der Waals surface area contributed by atoms with Gasteiger partial charge in [-0.05, 0) is 26.0 Å². The minimum Gasteiger partial charge on any atom is -0.484 e. The van der Waals surface area contributed by atoms with Gasteiger partial charge in [-0.2, -0.15) is 0 Å². The number of ether oxygens (including phenoxy) is 2. The Hall–Kier alpha value is -2.96. The van der Waals surface area contributed by atoms with E-state index < -0.39 is 11.9 Å². The van der Waals surface area contributed by atoms with Crippen LogP contribution in [-0.2, 0) is 14.3 Å². The van der Waals surface area contributed by atoms with Gasteiger partial charge in [0.2, 0.25) is 0 Å². The quantitative estimate of drug-likeness (QED) is 0.308. The lowest BCUT2D eigenvalue weighted by Crippen LogP contribution is -2.02. The molecule has 0 radical (unpaired) electrons. The zero-order valence-corrected chi connectivity index (χ0v) is 17.4. The third-order valence-electron chi connectivity index (χ3n) is 4.95. The topological polar surface area (TPSA) is 52.6 Å². The molecule has 0 fully saturated rings. The van der Waals surface area contributed by atoms with E-state index in [2.05, 4.69) is 0 Å². The molecule has 2 aromatic carbocycles. The van der Waals surface area contributed by atoms with E-state index in [9.17, 15) is 9.59 Å². The summed E-state index contributed by atoms with van der Waals surface area (Å²) in [6.07, 6.45) is 0. The number of hydrogen-bond acceptors (Lipinski definition) is 6. The highest BCUT2D eigenvalue weighted by Gasteiger charge is 2.39. The first kappa shape index (κ1) is 18.1. The Bertz CT molecular complexity index is 1340. The fraction of sp³-hybridized carbons (Fsp3) is 0.130. The Kier molecular flexibility index (Phi) is 4.26. The molecule has 3 heterocycles. The molecule has 0 N–H and O–H groups in total. The first-order valence-electron chi connectivity index (χ1n) is 9.24. The Morgan fingerprint density at radius 2 is 1.38 bits per heavy atom. The lowest BCUT2D eigenvalue weighted by atomic mass is 9.94. The van der Waals surface area contributed by atoms with Gasteiger partial charge in [0, 0.05) is 30.6 Å². The SMILES string of the molecule is CCOc1sc2ccccc2c1C1=C(c2c(C)sc3ccccc23)C(=O)OC1=O. The minimum absolute atomic E-state index is 0.294. The van der Waals surface area contributed by atoms with Gasteiger partial charge in [-0.15, -0.1) is 11.3 Å². The van der Waals surface area contributed by atoms with Crippen molar-refractivity contribution in [3.05, 3.63) is 64.5 Å². The average molecular weight is 421 g/mol. The Morgan fingerprint density at radius 3 is 2.03 bits per heavy atom. The van der Waals surface area contributed by atoms with Crippen molar-refractivity contribution in [3.63, 3.8) is 0 Å². The Morgan fingerprint density at radius 1 is 0.828 bits per heavy atom. The summed E-state index contributed by atoms with van der Waals surface area (Å²) in [5.74, 6) is -1.22. The van der Waals surface area contributed by atoms with Gasteiger partial charge in [0.05, 0.1) is 23.3 Å². The summed E-state index contributed by atoms with van der Waals surface area (Å²) in [4.78, 5) is 26.7. The van der Waals surface area contributed by atoms with Crippen LogP contribution in [0, 0.1) is 6.92 Å². The van der Waals surface area contributed by atoms with Crippen LogP contribution in [0.3, 0.4) is 0 Å². The fourth-order valence-electron chi connectivity index (χ4n) is 3.82. The average Bonchev–Trinajstić information content (AvgIpc) is 3.31. The van der Waals surface area contributed by atoms with Gasteiger partial charge in [-0.3, -0.25) is 0 Å². The highest BCUT2D eigenvalue weighted by Crippen LogP contribution is 2.48. The van der Waals surface area contributed by atoms with Crippen LogP contribution in [0.25, 0.3) is 31.3 Å². The summed E-state index contributed by atoms with van der Waals surface area (Å²) in [6, 6.07) is 15.7. The van der Waals surface area contributed by atoms with Gasteiger partial charge < -0.3 is 9.47 Å². The van der Waals surface area contributed by atoms with Gasteiger partial charge in [0.15, 0.2) is 5.06 Å². The maximum absolute atomic E-state index is 12.9. The van der Waals surface area contributed by atoms with Crippen LogP contribution < -0.4 is 4.74 Å². The van der Waals surface area contributed by atoms with Crippen LogP contribution >= 0.6 is 22.7 Å². The van der Waals surface area contributed by atoms with E-state index in [4.69, 9.17) is 9.47 Å². The van der Waals surface area contributed by atoms with Gasteiger partial charge in [-0.1, -0.05) is 47.7 Å². The van der Waals surface area contributed by atoms with Gasteiger partial charge in [0.1, 0.15) is 0 Å². The van der Waals surface area contributed by atoms with E-state index in [-0.39, 0.29) is 0 Å². The molecule has 144 valence electrons. The number of rotatable bonds is 4. The van der Waals surface area contributed by atoms with E-state index in [1.54, 1.807) is 11.3 Å². The highest BCUT2D eigenvalue weighted by molar-refractivity contribution is 7.21. The largest absolute Gasteiger partial charge is 0.484 e. The van der Waals surface area contributed by atoms with E-state index in [0.29, 0.717) is 28.4 Å². The van der Waals surface area contributed by atoms with E-state index in [0.717, 1.165) is 30.6 Å². The molecule has 5 rings (SSSR count). The molecule has 6 heteroatoms. The highest BCUT2D eigenvalue weighted by atomic mass is 32.1. The van der Waals surface area contributed by atoms with E-state index >= 15 is 0 Å². The zero-order valence-electron chi connectivity index (χ0n) is 15.8.